The van der Waals surface area contributed by atoms with Crippen LogP contribution in [0.25, 0.3) is 20.9 Å². The van der Waals surface area contributed by atoms with Gasteiger partial charge in [-0.05, 0) is 23.8 Å². The lowest BCUT2D eigenvalue weighted by molar-refractivity contribution is -0.119. The molecule has 2 heterocycles. The molecule has 3 rings (SSSR count). The summed E-state index contributed by atoms with van der Waals surface area (Å²) in [7, 11) is 1.66. The van der Waals surface area contributed by atoms with Crippen molar-refractivity contribution in [3.63, 3.8) is 0 Å². The summed E-state index contributed by atoms with van der Waals surface area (Å²) in [5, 5.41) is 2.69. The Morgan fingerprint density at radius 3 is 2.50 bits per heavy atom. The lowest BCUT2D eigenvalue weighted by Crippen LogP contribution is -2.19. The van der Waals surface area contributed by atoms with Gasteiger partial charge in [-0.1, -0.05) is 41.9 Å². The highest BCUT2D eigenvalue weighted by Gasteiger charge is 2.16. The highest BCUT2D eigenvalue weighted by Crippen LogP contribution is 2.41. The van der Waals surface area contributed by atoms with Crippen molar-refractivity contribution < 1.29 is 4.79 Å². The smallest absolute Gasteiger partial charge is 0.225 e. The lowest BCUT2D eigenvalue weighted by atomic mass is 10.1. The highest BCUT2D eigenvalue weighted by molar-refractivity contribution is 7.20. The Balaban J connectivity index is 2.06. The van der Waals surface area contributed by atoms with Gasteiger partial charge >= 0.3 is 0 Å². The third-order valence-electron chi connectivity index (χ3n) is 3.31. The van der Waals surface area contributed by atoms with Gasteiger partial charge < -0.3 is 5.32 Å². The number of rotatable bonds is 4. The molecule has 2 nitrogen and oxygen atoms in total. The first-order chi connectivity index (χ1) is 10.7. The van der Waals surface area contributed by atoms with Gasteiger partial charge in [0, 0.05) is 27.2 Å². The van der Waals surface area contributed by atoms with Crippen molar-refractivity contribution in [2.45, 2.75) is 6.42 Å². The minimum absolute atomic E-state index is 0.0189. The third kappa shape index (κ3) is 3.24. The molecule has 0 radical (unpaired) electrons. The fraction of sp³-hybridized carbons (Fsp3) is 0.118. The number of benzene rings is 1. The van der Waals surface area contributed by atoms with E-state index in [2.05, 4.69) is 23.5 Å². The predicted octanol–water partition coefficient (Wildman–Crippen LogP) is 5.09. The lowest BCUT2D eigenvalue weighted by Gasteiger charge is -2.00. The number of hydrogen-bond donors (Lipinski definition) is 1. The molecule has 0 aliphatic rings. The first-order valence-electron chi connectivity index (χ1n) is 6.82. The van der Waals surface area contributed by atoms with Crippen molar-refractivity contribution in [3.8, 4) is 20.9 Å². The average Bonchev–Trinajstić information content (AvgIpc) is 3.14. The van der Waals surface area contributed by atoms with Crippen LogP contribution < -0.4 is 5.32 Å². The summed E-state index contributed by atoms with van der Waals surface area (Å²) in [6, 6.07) is 16.3. The number of nitrogens with one attached hydrogen (secondary N) is 1. The van der Waals surface area contributed by atoms with Gasteiger partial charge in [0.25, 0.3) is 0 Å². The Hall–Kier alpha value is -1.62. The van der Waals surface area contributed by atoms with Crippen molar-refractivity contribution in [2.75, 3.05) is 7.05 Å². The van der Waals surface area contributed by atoms with Gasteiger partial charge in [0.1, 0.15) is 0 Å². The first-order valence-corrected chi connectivity index (χ1v) is 8.83. The van der Waals surface area contributed by atoms with E-state index in [1.54, 1.807) is 18.4 Å². The van der Waals surface area contributed by atoms with E-state index in [0.717, 1.165) is 19.7 Å². The summed E-state index contributed by atoms with van der Waals surface area (Å²) in [4.78, 5) is 15.1. The zero-order valence-corrected chi connectivity index (χ0v) is 14.3. The predicted molar refractivity (Wildman–Crippen MR) is 95.8 cm³/mol. The monoisotopic (exact) mass is 347 g/mol. The van der Waals surface area contributed by atoms with Crippen LogP contribution in [-0.2, 0) is 11.2 Å². The minimum atomic E-state index is 0.0189. The van der Waals surface area contributed by atoms with Crippen LogP contribution >= 0.6 is 34.3 Å². The topological polar surface area (TPSA) is 29.1 Å². The molecule has 0 bridgehead atoms. The number of thiophene rings is 2. The van der Waals surface area contributed by atoms with Crippen LogP contribution in [0.3, 0.4) is 0 Å². The third-order valence-corrected chi connectivity index (χ3v) is 5.75. The molecule has 0 aliphatic carbocycles. The normalized spacial score (nSPS) is 10.6. The molecule has 22 heavy (non-hydrogen) atoms. The van der Waals surface area contributed by atoms with Crippen LogP contribution in [0.5, 0.6) is 0 Å². The molecule has 0 atom stereocenters. The molecule has 0 aliphatic heterocycles. The van der Waals surface area contributed by atoms with Crippen LogP contribution in [0.2, 0.25) is 4.34 Å². The van der Waals surface area contributed by atoms with E-state index in [-0.39, 0.29) is 5.91 Å². The standard InChI is InChI=1S/C17H14ClNOS2/c1-19-17(20)10-15-12(13-7-8-16(18)22-13)9-14(21-15)11-5-3-2-4-6-11/h2-9H,10H2,1H3,(H,19,20). The van der Waals surface area contributed by atoms with Crippen LogP contribution in [0.1, 0.15) is 4.88 Å². The molecule has 5 heteroatoms. The minimum Gasteiger partial charge on any atom is -0.359 e. The number of likely N-dealkylation sites (N-methyl/N-ethyl adjacent to an activating group) is 1. The molecule has 0 saturated carbocycles. The molecule has 0 fully saturated rings. The molecule has 0 saturated heterocycles. The number of carbonyl (C=O) groups is 1. The second-order valence-corrected chi connectivity index (χ2v) is 7.62. The number of amides is 1. The van der Waals surface area contributed by atoms with Gasteiger partial charge in [-0.25, -0.2) is 0 Å². The van der Waals surface area contributed by atoms with Crippen molar-refractivity contribution in [1.29, 1.82) is 0 Å². The van der Waals surface area contributed by atoms with Gasteiger partial charge in [0.15, 0.2) is 0 Å². The summed E-state index contributed by atoms with van der Waals surface area (Å²) in [5.41, 5.74) is 2.27. The fourth-order valence-electron chi connectivity index (χ4n) is 2.21. The SMILES string of the molecule is CNC(=O)Cc1sc(-c2ccccc2)cc1-c1ccc(Cl)s1. The fourth-order valence-corrected chi connectivity index (χ4v) is 4.54. The van der Waals surface area contributed by atoms with Crippen molar-refractivity contribution in [3.05, 3.63) is 57.7 Å². The summed E-state index contributed by atoms with van der Waals surface area (Å²) in [6.45, 7) is 0. The van der Waals surface area contributed by atoms with Gasteiger partial charge in [0.05, 0.1) is 10.8 Å². The number of carbonyl (C=O) groups excluding carboxylic acids is 1. The van der Waals surface area contributed by atoms with Gasteiger partial charge in [0.2, 0.25) is 5.91 Å². The molecule has 112 valence electrons. The summed E-state index contributed by atoms with van der Waals surface area (Å²) < 4.78 is 0.758. The van der Waals surface area contributed by atoms with Gasteiger partial charge in [-0.3, -0.25) is 4.79 Å². The number of halogens is 1. The van der Waals surface area contributed by atoms with E-state index in [4.69, 9.17) is 11.6 Å². The molecule has 3 aromatic rings. The maximum atomic E-state index is 11.8. The van der Waals surface area contributed by atoms with E-state index in [0.29, 0.717) is 6.42 Å². The van der Waals surface area contributed by atoms with Gasteiger partial charge in [-0.15, -0.1) is 22.7 Å². The van der Waals surface area contributed by atoms with Crippen LogP contribution in [-0.4, -0.2) is 13.0 Å². The summed E-state index contributed by atoms with van der Waals surface area (Å²) >= 11 is 9.26. The zero-order chi connectivity index (χ0) is 15.5. The van der Waals surface area contributed by atoms with Crippen molar-refractivity contribution in [2.24, 2.45) is 0 Å². The second-order valence-electron chi connectivity index (χ2n) is 4.77. The molecule has 1 amide bonds. The Morgan fingerprint density at radius 1 is 1.09 bits per heavy atom. The molecular formula is C17H14ClNOS2. The maximum Gasteiger partial charge on any atom is 0.225 e. The van der Waals surface area contributed by atoms with Crippen LogP contribution in [0.15, 0.2) is 48.5 Å². The molecule has 1 N–H and O–H groups in total. The van der Waals surface area contributed by atoms with E-state index in [1.807, 2.05) is 30.3 Å². The van der Waals surface area contributed by atoms with E-state index < -0.39 is 0 Å². The average molecular weight is 348 g/mol. The quantitative estimate of drug-likeness (QED) is 0.700. The van der Waals surface area contributed by atoms with Crippen LogP contribution in [0, 0.1) is 0 Å². The molecule has 2 aromatic heterocycles. The number of hydrogen-bond acceptors (Lipinski definition) is 3. The Bertz CT molecular complexity index is 792. The summed E-state index contributed by atoms with van der Waals surface area (Å²) in [6.07, 6.45) is 0.388. The molecule has 0 unspecified atom stereocenters. The molecule has 1 aromatic carbocycles. The van der Waals surface area contributed by atoms with Crippen molar-refractivity contribution >= 4 is 40.2 Å². The Kier molecular flexibility index (Phi) is 4.62. The van der Waals surface area contributed by atoms with E-state index in [9.17, 15) is 4.79 Å². The highest BCUT2D eigenvalue weighted by atomic mass is 35.5. The zero-order valence-electron chi connectivity index (χ0n) is 11.9. The Morgan fingerprint density at radius 2 is 1.86 bits per heavy atom. The van der Waals surface area contributed by atoms with Crippen LogP contribution in [0.4, 0.5) is 0 Å². The van der Waals surface area contributed by atoms with E-state index >= 15 is 0 Å². The summed E-state index contributed by atoms with van der Waals surface area (Å²) in [5.74, 6) is 0.0189. The second kappa shape index (κ2) is 6.65. The van der Waals surface area contributed by atoms with Crippen molar-refractivity contribution in [1.82, 2.24) is 5.32 Å². The largest absolute Gasteiger partial charge is 0.359 e. The van der Waals surface area contributed by atoms with Gasteiger partial charge in [-0.2, -0.15) is 0 Å². The van der Waals surface area contributed by atoms with E-state index in [1.165, 1.54) is 21.8 Å². The molecule has 0 spiro atoms. The first kappa shape index (κ1) is 15.3. The maximum absolute atomic E-state index is 11.8. The molecular weight excluding hydrogens is 334 g/mol. The Labute approximate surface area is 142 Å².